The molecule has 0 radical (unpaired) electrons. The Morgan fingerprint density at radius 3 is 2.21 bits per heavy atom. The van der Waals surface area contributed by atoms with E-state index in [9.17, 15) is 9.59 Å². The van der Waals surface area contributed by atoms with Gasteiger partial charge in [-0.05, 0) is 45.4 Å². The Morgan fingerprint density at radius 2 is 1.66 bits per heavy atom. The van der Waals surface area contributed by atoms with Crippen LogP contribution in [-0.4, -0.2) is 33.9 Å². The molecule has 0 spiro atoms. The zero-order chi connectivity index (χ0) is 21.3. The highest BCUT2D eigenvalue weighted by atomic mass is 35.5. The normalized spacial score (nSPS) is 18.8. The summed E-state index contributed by atoms with van der Waals surface area (Å²) in [6, 6.07) is 14.7. The number of carbonyl (C=O) groups is 2. The highest BCUT2D eigenvalue weighted by Gasteiger charge is 2.47. The molecule has 0 bridgehead atoms. The molecule has 0 aliphatic carbocycles. The Kier molecular flexibility index (Phi) is 6.22. The van der Waals surface area contributed by atoms with Crippen LogP contribution in [0, 0.1) is 0 Å². The summed E-state index contributed by atoms with van der Waals surface area (Å²) < 4.78 is 5.51. The van der Waals surface area contributed by atoms with Crippen LogP contribution in [0.15, 0.2) is 48.5 Å². The maximum atomic E-state index is 13.0. The van der Waals surface area contributed by atoms with Gasteiger partial charge < -0.3 is 4.74 Å². The number of imide groups is 1. The number of benzene rings is 2. The van der Waals surface area contributed by atoms with Crippen LogP contribution in [0.25, 0.3) is 0 Å². The smallest absolute Gasteiger partial charge is 0.418 e. The van der Waals surface area contributed by atoms with E-state index >= 15 is 0 Å². The molecule has 0 unspecified atom stereocenters. The van der Waals surface area contributed by atoms with Crippen LogP contribution < -0.4 is 0 Å². The number of ether oxygens (including phenoxy) is 1. The molecule has 5 nitrogen and oxygen atoms in total. The van der Waals surface area contributed by atoms with Gasteiger partial charge in [-0.2, -0.15) is 0 Å². The lowest BCUT2D eigenvalue weighted by Crippen LogP contribution is -2.41. The molecular weight excluding hydrogens is 411 g/mol. The third-order valence-electron chi connectivity index (χ3n) is 4.77. The number of hydrogen-bond acceptors (Lipinski definition) is 4. The molecule has 0 aromatic heterocycles. The first-order chi connectivity index (χ1) is 13.6. The molecule has 7 heteroatoms. The Labute approximate surface area is 181 Å². The van der Waals surface area contributed by atoms with E-state index in [2.05, 4.69) is 0 Å². The minimum absolute atomic E-state index is 0.0432. The van der Waals surface area contributed by atoms with Gasteiger partial charge in [-0.3, -0.25) is 9.69 Å². The largest absolute Gasteiger partial charge is 0.443 e. The zero-order valence-corrected chi connectivity index (χ0v) is 18.4. The van der Waals surface area contributed by atoms with Crippen LogP contribution in [0.2, 0.25) is 10.0 Å². The summed E-state index contributed by atoms with van der Waals surface area (Å²) in [6.45, 7) is 7.30. The summed E-state index contributed by atoms with van der Waals surface area (Å²) in [5.74, 6) is -0.358. The zero-order valence-electron chi connectivity index (χ0n) is 16.9. The van der Waals surface area contributed by atoms with E-state index in [0.717, 1.165) is 10.5 Å². The van der Waals surface area contributed by atoms with Gasteiger partial charge in [0.15, 0.2) is 0 Å². The summed E-state index contributed by atoms with van der Waals surface area (Å²) in [5, 5.41) is 0.770. The summed E-state index contributed by atoms with van der Waals surface area (Å²) >= 11 is 13.0. The van der Waals surface area contributed by atoms with Crippen LogP contribution in [0.1, 0.15) is 51.0 Å². The fraction of sp³-hybridized carbons (Fsp3) is 0.364. The number of nitrogens with zero attached hydrogens (tertiary/aromatic N) is 2. The maximum Gasteiger partial charge on any atom is 0.418 e. The second kappa shape index (κ2) is 8.34. The van der Waals surface area contributed by atoms with Crippen molar-refractivity contribution in [3.8, 4) is 0 Å². The van der Waals surface area contributed by atoms with Crippen molar-refractivity contribution in [1.29, 1.82) is 0 Å². The SMILES string of the molecule is C[C@@H](c1ccccc1)N1CC(=O)N(C(=O)OC(C)(C)C)[C@H]1c1c(Cl)cccc1Cl. The lowest BCUT2D eigenvalue weighted by Gasteiger charge is -2.34. The monoisotopic (exact) mass is 434 g/mol. The molecule has 29 heavy (non-hydrogen) atoms. The standard InChI is InChI=1S/C22H24Cl2N2O3/c1-14(15-9-6-5-7-10-15)25-13-18(27)26(21(28)29-22(2,3)4)20(25)19-16(23)11-8-12-17(19)24/h5-12,14,20H,13H2,1-4H3/t14-,20-/m0/s1. The molecule has 2 aromatic carbocycles. The highest BCUT2D eigenvalue weighted by molar-refractivity contribution is 6.36. The van der Waals surface area contributed by atoms with E-state index in [0.29, 0.717) is 15.6 Å². The van der Waals surface area contributed by atoms with Crippen LogP contribution in [-0.2, 0) is 9.53 Å². The minimum Gasteiger partial charge on any atom is -0.443 e. The Bertz CT molecular complexity index is 892. The third kappa shape index (κ3) is 4.58. The molecule has 1 fully saturated rings. The second-order valence-electron chi connectivity index (χ2n) is 8.01. The summed E-state index contributed by atoms with van der Waals surface area (Å²) in [7, 11) is 0. The second-order valence-corrected chi connectivity index (χ2v) is 8.83. The first kappa shape index (κ1) is 21.6. The third-order valence-corrected chi connectivity index (χ3v) is 5.43. The van der Waals surface area contributed by atoms with Crippen LogP contribution in [0.4, 0.5) is 4.79 Å². The lowest BCUT2D eigenvalue weighted by atomic mass is 10.0. The molecule has 0 N–H and O–H groups in total. The van der Waals surface area contributed by atoms with E-state index in [1.165, 1.54) is 0 Å². The predicted octanol–water partition coefficient (Wildman–Crippen LogP) is 5.83. The van der Waals surface area contributed by atoms with Gasteiger partial charge in [0, 0.05) is 21.7 Å². The van der Waals surface area contributed by atoms with Crippen molar-refractivity contribution in [2.24, 2.45) is 0 Å². The molecule has 1 saturated heterocycles. The van der Waals surface area contributed by atoms with Gasteiger partial charge in [0.05, 0.1) is 6.54 Å². The van der Waals surface area contributed by atoms with Crippen molar-refractivity contribution < 1.29 is 14.3 Å². The number of amides is 2. The molecule has 1 aliphatic rings. The number of rotatable bonds is 3. The summed E-state index contributed by atoms with van der Waals surface area (Å²) in [4.78, 5) is 28.9. The summed E-state index contributed by atoms with van der Waals surface area (Å²) in [6.07, 6.45) is -1.49. The van der Waals surface area contributed by atoms with Gasteiger partial charge in [0.1, 0.15) is 11.8 Å². The maximum absolute atomic E-state index is 13.0. The van der Waals surface area contributed by atoms with Gasteiger partial charge in [-0.15, -0.1) is 0 Å². The molecule has 3 rings (SSSR count). The Balaban J connectivity index is 2.09. The van der Waals surface area contributed by atoms with Crippen LogP contribution >= 0.6 is 23.2 Å². The fourth-order valence-electron chi connectivity index (χ4n) is 3.44. The van der Waals surface area contributed by atoms with E-state index < -0.39 is 17.9 Å². The minimum atomic E-state index is -0.770. The van der Waals surface area contributed by atoms with Crippen molar-refractivity contribution in [2.45, 2.75) is 45.5 Å². The first-order valence-electron chi connectivity index (χ1n) is 9.40. The molecule has 0 saturated carbocycles. The van der Waals surface area contributed by atoms with Crippen LogP contribution in [0.3, 0.4) is 0 Å². The molecule has 2 amide bonds. The Hall–Kier alpha value is -2.08. The van der Waals surface area contributed by atoms with Crippen LogP contribution in [0.5, 0.6) is 0 Å². The van der Waals surface area contributed by atoms with Gasteiger partial charge >= 0.3 is 6.09 Å². The van der Waals surface area contributed by atoms with Crippen molar-refractivity contribution >= 4 is 35.2 Å². The van der Waals surface area contributed by atoms with Crippen molar-refractivity contribution in [1.82, 2.24) is 9.80 Å². The van der Waals surface area contributed by atoms with Gasteiger partial charge in [0.2, 0.25) is 5.91 Å². The topological polar surface area (TPSA) is 49.9 Å². The summed E-state index contributed by atoms with van der Waals surface area (Å²) in [5.41, 5.74) is 0.778. The number of hydrogen-bond donors (Lipinski definition) is 0. The quantitative estimate of drug-likeness (QED) is 0.609. The van der Waals surface area contributed by atoms with Crippen molar-refractivity contribution in [3.05, 3.63) is 69.7 Å². The van der Waals surface area contributed by atoms with E-state index in [4.69, 9.17) is 27.9 Å². The molecule has 154 valence electrons. The van der Waals surface area contributed by atoms with Crippen molar-refractivity contribution in [3.63, 3.8) is 0 Å². The molecular formula is C22H24Cl2N2O3. The van der Waals surface area contributed by atoms with E-state index in [-0.39, 0.29) is 18.5 Å². The van der Waals surface area contributed by atoms with E-state index in [1.54, 1.807) is 39.0 Å². The highest BCUT2D eigenvalue weighted by Crippen LogP contribution is 2.43. The molecule has 1 heterocycles. The van der Waals surface area contributed by atoms with E-state index in [1.807, 2.05) is 42.2 Å². The molecule has 1 aliphatic heterocycles. The molecule has 2 atom stereocenters. The number of halogens is 2. The van der Waals surface area contributed by atoms with Gasteiger partial charge in [-0.1, -0.05) is 59.6 Å². The van der Waals surface area contributed by atoms with Gasteiger partial charge in [0.25, 0.3) is 0 Å². The average molecular weight is 435 g/mol. The fourth-order valence-corrected chi connectivity index (χ4v) is 4.03. The number of carbonyl (C=O) groups excluding carboxylic acids is 2. The first-order valence-corrected chi connectivity index (χ1v) is 10.2. The molecule has 2 aromatic rings. The predicted molar refractivity (Wildman–Crippen MR) is 114 cm³/mol. The Morgan fingerprint density at radius 1 is 1.07 bits per heavy atom. The average Bonchev–Trinajstić information content (AvgIpc) is 2.97. The van der Waals surface area contributed by atoms with Gasteiger partial charge in [-0.25, -0.2) is 9.69 Å². The van der Waals surface area contributed by atoms with Crippen molar-refractivity contribution in [2.75, 3.05) is 6.54 Å². The lowest BCUT2D eigenvalue weighted by molar-refractivity contribution is -0.127.